The minimum absolute atomic E-state index is 0.0424. The highest BCUT2D eigenvalue weighted by Gasteiger charge is 2.33. The van der Waals surface area contributed by atoms with Crippen LogP contribution in [0.1, 0.15) is 33.5 Å². The number of nitrogens with zero attached hydrogens (tertiary/aromatic N) is 1. The molecule has 124 valence electrons. The van der Waals surface area contributed by atoms with Crippen LogP contribution in [0.15, 0.2) is 42.5 Å². The molecule has 1 fully saturated rings. The molecule has 0 bridgehead atoms. The Morgan fingerprint density at radius 2 is 1.88 bits per heavy atom. The van der Waals surface area contributed by atoms with Crippen LogP contribution in [-0.4, -0.2) is 24.4 Å². The predicted octanol–water partition coefficient (Wildman–Crippen LogP) is 3.15. The summed E-state index contributed by atoms with van der Waals surface area (Å²) in [6.07, 6.45) is 0.628. The molecule has 1 saturated heterocycles. The van der Waals surface area contributed by atoms with Gasteiger partial charge in [-0.25, -0.2) is 0 Å². The summed E-state index contributed by atoms with van der Waals surface area (Å²) in [4.78, 5) is 26.8. The van der Waals surface area contributed by atoms with Crippen molar-refractivity contribution in [3.05, 3.63) is 64.7 Å². The van der Waals surface area contributed by atoms with Crippen molar-refractivity contribution >= 4 is 17.5 Å². The molecule has 3 rings (SSSR count). The van der Waals surface area contributed by atoms with Gasteiger partial charge in [0.2, 0.25) is 5.91 Å². The van der Waals surface area contributed by atoms with Gasteiger partial charge in [-0.05, 0) is 62.6 Å². The van der Waals surface area contributed by atoms with E-state index in [1.54, 1.807) is 11.0 Å². The van der Waals surface area contributed by atoms with Crippen molar-refractivity contribution in [1.29, 1.82) is 0 Å². The van der Waals surface area contributed by atoms with Crippen molar-refractivity contribution in [3.8, 4) is 0 Å². The lowest BCUT2D eigenvalue weighted by atomic mass is 10.1. The van der Waals surface area contributed by atoms with E-state index in [0.717, 1.165) is 16.8 Å². The van der Waals surface area contributed by atoms with E-state index in [1.165, 1.54) is 5.56 Å². The van der Waals surface area contributed by atoms with Crippen LogP contribution >= 0.6 is 0 Å². The number of hydrogen-bond donors (Lipinski definition) is 1. The van der Waals surface area contributed by atoms with Gasteiger partial charge in [0.05, 0.1) is 0 Å². The van der Waals surface area contributed by atoms with Crippen molar-refractivity contribution in [1.82, 2.24) is 5.32 Å². The molecule has 4 nitrogen and oxygen atoms in total. The van der Waals surface area contributed by atoms with Crippen LogP contribution < -0.4 is 10.2 Å². The summed E-state index contributed by atoms with van der Waals surface area (Å²) in [6, 6.07) is 12.9. The molecule has 2 aromatic carbocycles. The van der Waals surface area contributed by atoms with E-state index < -0.39 is 6.04 Å². The van der Waals surface area contributed by atoms with Gasteiger partial charge in [0.25, 0.3) is 5.91 Å². The van der Waals surface area contributed by atoms with Crippen LogP contribution in [0.2, 0.25) is 0 Å². The lowest BCUT2D eigenvalue weighted by Gasteiger charge is -2.18. The second kappa shape index (κ2) is 6.48. The molecule has 24 heavy (non-hydrogen) atoms. The number of anilines is 1. The molecule has 1 N–H and O–H groups in total. The SMILES string of the molecule is Cc1cccc(C(=O)N[C@H]2CCN(c3ccc(C)c(C)c3)C2=O)c1. The molecule has 1 atom stereocenters. The van der Waals surface area contributed by atoms with E-state index in [-0.39, 0.29) is 11.8 Å². The summed E-state index contributed by atoms with van der Waals surface area (Å²) in [6.45, 7) is 6.66. The lowest BCUT2D eigenvalue weighted by molar-refractivity contribution is -0.118. The second-order valence-electron chi connectivity index (χ2n) is 6.44. The number of amides is 2. The van der Waals surface area contributed by atoms with E-state index in [4.69, 9.17) is 0 Å². The molecule has 1 aliphatic rings. The number of nitrogens with one attached hydrogen (secondary N) is 1. The average molecular weight is 322 g/mol. The normalized spacial score (nSPS) is 17.2. The van der Waals surface area contributed by atoms with E-state index >= 15 is 0 Å². The van der Waals surface area contributed by atoms with Crippen LogP contribution in [0.25, 0.3) is 0 Å². The van der Waals surface area contributed by atoms with Crippen molar-refractivity contribution in [2.75, 3.05) is 11.4 Å². The molecule has 4 heteroatoms. The molecular weight excluding hydrogens is 300 g/mol. The third kappa shape index (κ3) is 3.18. The van der Waals surface area contributed by atoms with E-state index in [1.807, 2.05) is 50.2 Å². The molecule has 0 aromatic heterocycles. The van der Waals surface area contributed by atoms with Gasteiger partial charge in [-0.3, -0.25) is 9.59 Å². The Hall–Kier alpha value is -2.62. The number of carbonyl (C=O) groups excluding carboxylic acids is 2. The van der Waals surface area contributed by atoms with Crippen LogP contribution in [0.5, 0.6) is 0 Å². The van der Waals surface area contributed by atoms with Crippen molar-refractivity contribution in [2.24, 2.45) is 0 Å². The first-order valence-corrected chi connectivity index (χ1v) is 8.22. The fourth-order valence-corrected chi connectivity index (χ4v) is 2.99. The maximum atomic E-state index is 12.6. The summed E-state index contributed by atoms with van der Waals surface area (Å²) < 4.78 is 0. The standard InChI is InChI=1S/C20H22N2O2/c1-13-5-4-6-16(11-13)19(23)21-18-9-10-22(20(18)24)17-8-7-14(2)15(3)12-17/h4-8,11-12,18H,9-10H2,1-3H3,(H,21,23)/t18-/m0/s1. The smallest absolute Gasteiger partial charge is 0.251 e. The van der Waals surface area contributed by atoms with Crippen molar-refractivity contribution < 1.29 is 9.59 Å². The first kappa shape index (κ1) is 16.2. The summed E-state index contributed by atoms with van der Waals surface area (Å²) in [5, 5.41) is 2.87. The minimum atomic E-state index is -0.459. The van der Waals surface area contributed by atoms with Gasteiger partial charge >= 0.3 is 0 Å². The largest absolute Gasteiger partial charge is 0.340 e. The molecule has 0 radical (unpaired) electrons. The molecule has 0 unspecified atom stereocenters. The number of carbonyl (C=O) groups is 2. The third-order valence-corrected chi connectivity index (χ3v) is 4.59. The Morgan fingerprint density at radius 1 is 1.08 bits per heavy atom. The summed E-state index contributed by atoms with van der Waals surface area (Å²) in [5.41, 5.74) is 4.88. The Morgan fingerprint density at radius 3 is 2.58 bits per heavy atom. The minimum Gasteiger partial charge on any atom is -0.340 e. The Kier molecular flexibility index (Phi) is 4.38. The van der Waals surface area contributed by atoms with Crippen molar-refractivity contribution in [3.63, 3.8) is 0 Å². The summed E-state index contributed by atoms with van der Waals surface area (Å²) in [5.74, 6) is -0.238. The van der Waals surface area contributed by atoms with Crippen LogP contribution in [0.4, 0.5) is 5.69 Å². The Bertz CT molecular complexity index is 798. The van der Waals surface area contributed by atoms with Crippen LogP contribution in [0, 0.1) is 20.8 Å². The van der Waals surface area contributed by atoms with Crippen LogP contribution in [0.3, 0.4) is 0 Å². The summed E-state index contributed by atoms with van der Waals surface area (Å²) >= 11 is 0. The average Bonchev–Trinajstić information content (AvgIpc) is 2.91. The highest BCUT2D eigenvalue weighted by atomic mass is 16.2. The van der Waals surface area contributed by atoms with Crippen molar-refractivity contribution in [2.45, 2.75) is 33.2 Å². The zero-order valence-electron chi connectivity index (χ0n) is 14.3. The quantitative estimate of drug-likeness (QED) is 0.944. The fraction of sp³-hybridized carbons (Fsp3) is 0.300. The molecule has 2 aromatic rings. The highest BCUT2D eigenvalue weighted by molar-refractivity contribution is 6.04. The van der Waals surface area contributed by atoms with Gasteiger partial charge < -0.3 is 10.2 Å². The highest BCUT2D eigenvalue weighted by Crippen LogP contribution is 2.24. The number of aryl methyl sites for hydroxylation is 3. The second-order valence-corrected chi connectivity index (χ2v) is 6.44. The molecule has 0 aliphatic carbocycles. The Balaban J connectivity index is 1.72. The molecule has 1 aliphatic heterocycles. The predicted molar refractivity (Wildman–Crippen MR) is 95.3 cm³/mol. The van der Waals surface area contributed by atoms with Gasteiger partial charge in [0, 0.05) is 17.8 Å². The fourth-order valence-electron chi connectivity index (χ4n) is 2.99. The molecular formula is C20H22N2O2. The van der Waals surface area contributed by atoms with E-state index in [0.29, 0.717) is 18.5 Å². The molecule has 2 amide bonds. The topological polar surface area (TPSA) is 49.4 Å². The maximum absolute atomic E-state index is 12.6. The molecule has 0 saturated carbocycles. The lowest BCUT2D eigenvalue weighted by Crippen LogP contribution is -2.41. The zero-order chi connectivity index (χ0) is 17.3. The maximum Gasteiger partial charge on any atom is 0.251 e. The zero-order valence-corrected chi connectivity index (χ0v) is 14.3. The monoisotopic (exact) mass is 322 g/mol. The number of hydrogen-bond acceptors (Lipinski definition) is 2. The summed E-state index contributed by atoms with van der Waals surface area (Å²) in [7, 11) is 0. The van der Waals surface area contributed by atoms with E-state index in [9.17, 15) is 9.59 Å². The van der Waals surface area contributed by atoms with Gasteiger partial charge in [-0.2, -0.15) is 0 Å². The van der Waals surface area contributed by atoms with Gasteiger partial charge in [0.1, 0.15) is 6.04 Å². The number of rotatable bonds is 3. The van der Waals surface area contributed by atoms with Gasteiger partial charge in [-0.15, -0.1) is 0 Å². The van der Waals surface area contributed by atoms with Gasteiger partial charge in [-0.1, -0.05) is 23.8 Å². The van der Waals surface area contributed by atoms with Crippen LogP contribution in [-0.2, 0) is 4.79 Å². The first-order valence-electron chi connectivity index (χ1n) is 8.22. The first-order chi connectivity index (χ1) is 11.5. The molecule has 0 spiro atoms. The van der Waals surface area contributed by atoms with Gasteiger partial charge in [0.15, 0.2) is 0 Å². The number of benzene rings is 2. The Labute approximate surface area is 142 Å². The third-order valence-electron chi connectivity index (χ3n) is 4.59. The van der Waals surface area contributed by atoms with E-state index in [2.05, 4.69) is 12.2 Å². The molecule has 1 heterocycles.